The fourth-order valence-electron chi connectivity index (χ4n) is 7.96. The highest BCUT2D eigenvalue weighted by molar-refractivity contribution is 6.02. The Kier molecular flexibility index (Phi) is 8.47. The molecule has 42 heavy (non-hydrogen) atoms. The molecule has 1 aromatic rings. The molecule has 8 heteroatoms. The average Bonchev–Trinajstić information content (AvgIpc) is 3.62. The van der Waals surface area contributed by atoms with Crippen molar-refractivity contribution in [2.24, 2.45) is 17.8 Å². The van der Waals surface area contributed by atoms with Crippen molar-refractivity contribution in [2.75, 3.05) is 31.5 Å². The summed E-state index contributed by atoms with van der Waals surface area (Å²) in [6.45, 7) is 10.1. The number of carbonyl (C=O) groups is 3. The molecule has 5 aliphatic rings. The third-order valence-electron chi connectivity index (χ3n) is 10.5. The number of benzene rings is 1. The van der Waals surface area contributed by atoms with Gasteiger partial charge in [0.05, 0.1) is 17.9 Å². The fraction of sp³-hybridized carbons (Fsp3) is 0.676. The van der Waals surface area contributed by atoms with Crippen LogP contribution in [0.25, 0.3) is 0 Å². The molecule has 4 heterocycles. The maximum Gasteiger partial charge on any atom is 0.246 e. The molecule has 0 radical (unpaired) electrons. The SMILES string of the molecule is CC1CCN(CCCN2C(=O)[C@@H]3[C@H](C(=O)Nc4ccc(C(C)C)cc4)[C@@H]4C=C[C@@]3(O4)[C@H]2C(=O)NC2CCCCC2)CC1. The van der Waals surface area contributed by atoms with E-state index in [-0.39, 0.29) is 23.8 Å². The molecular formula is C34H48N4O4. The second-order valence-corrected chi connectivity index (χ2v) is 13.7. The average molecular weight is 577 g/mol. The highest BCUT2D eigenvalue weighted by Gasteiger charge is 2.72. The van der Waals surface area contributed by atoms with Gasteiger partial charge in [0, 0.05) is 18.3 Å². The smallest absolute Gasteiger partial charge is 0.246 e. The monoisotopic (exact) mass is 576 g/mol. The zero-order chi connectivity index (χ0) is 29.4. The quantitative estimate of drug-likeness (QED) is 0.424. The number of piperidine rings is 1. The van der Waals surface area contributed by atoms with Crippen LogP contribution in [0.5, 0.6) is 0 Å². The second kappa shape index (κ2) is 12.1. The summed E-state index contributed by atoms with van der Waals surface area (Å²) >= 11 is 0. The van der Waals surface area contributed by atoms with Crippen LogP contribution in [-0.2, 0) is 19.1 Å². The van der Waals surface area contributed by atoms with Crippen molar-refractivity contribution >= 4 is 23.4 Å². The van der Waals surface area contributed by atoms with E-state index < -0.39 is 29.6 Å². The van der Waals surface area contributed by atoms with Crippen LogP contribution in [0.3, 0.4) is 0 Å². The van der Waals surface area contributed by atoms with E-state index in [4.69, 9.17) is 4.74 Å². The van der Waals surface area contributed by atoms with E-state index in [1.54, 1.807) is 4.90 Å². The fourth-order valence-corrected chi connectivity index (χ4v) is 7.96. The lowest BCUT2D eigenvalue weighted by molar-refractivity contribution is -0.141. The number of nitrogens with one attached hydrogen (secondary N) is 2. The van der Waals surface area contributed by atoms with Crippen molar-refractivity contribution in [3.05, 3.63) is 42.0 Å². The Morgan fingerprint density at radius 3 is 2.40 bits per heavy atom. The first-order valence-corrected chi connectivity index (χ1v) is 16.4. The lowest BCUT2D eigenvalue weighted by Crippen LogP contribution is -2.56. The number of hydrogen-bond acceptors (Lipinski definition) is 5. The van der Waals surface area contributed by atoms with Crippen LogP contribution < -0.4 is 10.6 Å². The molecule has 228 valence electrons. The minimum atomic E-state index is -1.11. The minimum absolute atomic E-state index is 0.129. The Morgan fingerprint density at radius 1 is 1.00 bits per heavy atom. The zero-order valence-electron chi connectivity index (χ0n) is 25.5. The van der Waals surface area contributed by atoms with Crippen LogP contribution in [-0.4, -0.2) is 77.5 Å². The molecule has 6 rings (SSSR count). The van der Waals surface area contributed by atoms with Crippen molar-refractivity contribution in [3.63, 3.8) is 0 Å². The van der Waals surface area contributed by atoms with E-state index in [9.17, 15) is 14.4 Å². The lowest BCUT2D eigenvalue weighted by Gasteiger charge is -2.35. The topological polar surface area (TPSA) is 91.0 Å². The van der Waals surface area contributed by atoms with Crippen LogP contribution in [0, 0.1) is 17.8 Å². The third kappa shape index (κ3) is 5.52. The van der Waals surface area contributed by atoms with E-state index in [1.807, 2.05) is 36.4 Å². The van der Waals surface area contributed by atoms with Gasteiger partial charge in [0.1, 0.15) is 11.6 Å². The molecule has 3 amide bonds. The summed E-state index contributed by atoms with van der Waals surface area (Å²) in [5.74, 6) is -0.712. The van der Waals surface area contributed by atoms with Crippen LogP contribution in [0.4, 0.5) is 5.69 Å². The molecule has 0 aromatic heterocycles. The van der Waals surface area contributed by atoms with Crippen molar-refractivity contribution in [1.82, 2.24) is 15.1 Å². The van der Waals surface area contributed by atoms with E-state index >= 15 is 0 Å². The molecular weight excluding hydrogens is 528 g/mol. The van der Waals surface area contributed by atoms with Gasteiger partial charge in [-0.2, -0.15) is 0 Å². The van der Waals surface area contributed by atoms with Gasteiger partial charge in [-0.3, -0.25) is 14.4 Å². The first kappa shape index (κ1) is 29.4. The first-order valence-electron chi connectivity index (χ1n) is 16.4. The number of rotatable bonds is 9. The summed E-state index contributed by atoms with van der Waals surface area (Å²) in [7, 11) is 0. The summed E-state index contributed by atoms with van der Waals surface area (Å²) in [5.41, 5.74) is 0.797. The minimum Gasteiger partial charge on any atom is -0.359 e. The number of carbonyl (C=O) groups excluding carboxylic acids is 3. The number of hydrogen-bond donors (Lipinski definition) is 2. The maximum absolute atomic E-state index is 14.2. The molecule has 1 spiro atoms. The normalized spacial score (nSPS) is 31.6. The van der Waals surface area contributed by atoms with Gasteiger partial charge in [-0.05, 0) is 81.3 Å². The second-order valence-electron chi connectivity index (χ2n) is 13.7. The Balaban J connectivity index is 1.21. The summed E-state index contributed by atoms with van der Waals surface area (Å²) < 4.78 is 6.53. The number of anilines is 1. The van der Waals surface area contributed by atoms with Gasteiger partial charge in [0.2, 0.25) is 17.7 Å². The molecule has 0 unspecified atom stereocenters. The number of nitrogens with zero attached hydrogens (tertiary/aromatic N) is 2. The predicted octanol–water partition coefficient (Wildman–Crippen LogP) is 4.47. The summed E-state index contributed by atoms with van der Waals surface area (Å²) in [6, 6.07) is 7.24. The lowest BCUT2D eigenvalue weighted by atomic mass is 9.74. The maximum atomic E-state index is 14.2. The van der Waals surface area contributed by atoms with Crippen molar-refractivity contribution < 1.29 is 19.1 Å². The van der Waals surface area contributed by atoms with E-state index in [0.717, 1.165) is 57.7 Å². The Bertz CT molecular complexity index is 1180. The number of ether oxygens (including phenoxy) is 1. The highest BCUT2D eigenvalue weighted by atomic mass is 16.5. The number of amides is 3. The Hall–Kier alpha value is -2.71. The highest BCUT2D eigenvalue weighted by Crippen LogP contribution is 2.55. The van der Waals surface area contributed by atoms with Gasteiger partial charge in [-0.1, -0.05) is 64.3 Å². The van der Waals surface area contributed by atoms with E-state index in [1.165, 1.54) is 24.8 Å². The van der Waals surface area contributed by atoms with Gasteiger partial charge in [0.15, 0.2) is 0 Å². The van der Waals surface area contributed by atoms with Gasteiger partial charge < -0.3 is 25.2 Å². The van der Waals surface area contributed by atoms with Crippen LogP contribution >= 0.6 is 0 Å². The Morgan fingerprint density at radius 2 is 1.71 bits per heavy atom. The Labute approximate surface area is 250 Å². The van der Waals surface area contributed by atoms with Crippen LogP contribution in [0.2, 0.25) is 0 Å². The van der Waals surface area contributed by atoms with Crippen molar-refractivity contribution in [2.45, 2.75) is 102 Å². The van der Waals surface area contributed by atoms with Crippen LogP contribution in [0.1, 0.15) is 83.6 Å². The molecule has 4 fully saturated rings. The van der Waals surface area contributed by atoms with Crippen LogP contribution in [0.15, 0.2) is 36.4 Å². The largest absolute Gasteiger partial charge is 0.359 e. The van der Waals surface area contributed by atoms with Gasteiger partial charge in [-0.25, -0.2) is 0 Å². The third-order valence-corrected chi connectivity index (χ3v) is 10.5. The van der Waals surface area contributed by atoms with Gasteiger partial charge >= 0.3 is 0 Å². The number of fused-ring (bicyclic) bond motifs is 1. The summed E-state index contributed by atoms with van der Waals surface area (Å²) in [5, 5.41) is 6.34. The van der Waals surface area contributed by atoms with Crippen molar-refractivity contribution in [1.29, 1.82) is 0 Å². The molecule has 5 atom stereocenters. The molecule has 1 aliphatic carbocycles. The molecule has 4 aliphatic heterocycles. The molecule has 1 saturated carbocycles. The standard InChI is InChI=1S/C34H48N4O4/c1-22(2)24-10-12-26(13-11-24)35-31(39)28-27-14-17-34(42-27)29(28)33(41)38(19-7-18-37-20-15-23(3)16-21-37)30(34)32(40)36-25-8-5-4-6-9-25/h10-14,17,22-23,25,27-30H,4-9,15-16,18-21H2,1-3H3,(H,35,39)(H,36,40)/t27-,28+,29-,30+,34-/m0/s1. The molecule has 1 aromatic carbocycles. The first-order chi connectivity index (χ1) is 20.3. The number of likely N-dealkylation sites (tertiary alicyclic amines) is 2. The van der Waals surface area contributed by atoms with Crippen molar-refractivity contribution in [3.8, 4) is 0 Å². The predicted molar refractivity (Wildman–Crippen MR) is 163 cm³/mol. The molecule has 3 saturated heterocycles. The molecule has 2 bridgehead atoms. The van der Waals surface area contributed by atoms with E-state index in [2.05, 4.69) is 36.3 Å². The molecule has 8 nitrogen and oxygen atoms in total. The van der Waals surface area contributed by atoms with E-state index in [0.29, 0.717) is 18.2 Å². The van der Waals surface area contributed by atoms with Gasteiger partial charge in [0.25, 0.3) is 0 Å². The molecule has 2 N–H and O–H groups in total. The summed E-state index contributed by atoms with van der Waals surface area (Å²) in [6.07, 6.45) is 11.9. The zero-order valence-corrected chi connectivity index (χ0v) is 25.5. The summed E-state index contributed by atoms with van der Waals surface area (Å²) in [4.78, 5) is 46.2. The van der Waals surface area contributed by atoms with Gasteiger partial charge in [-0.15, -0.1) is 0 Å².